The van der Waals surface area contributed by atoms with Crippen LogP contribution in [0.15, 0.2) is 23.6 Å². The summed E-state index contributed by atoms with van der Waals surface area (Å²) in [6.45, 7) is -0.178. The highest BCUT2D eigenvalue weighted by atomic mass is 19.4. The molecule has 4 nitrogen and oxygen atoms in total. The van der Waals surface area contributed by atoms with Gasteiger partial charge < -0.3 is 0 Å². The lowest BCUT2D eigenvalue weighted by Gasteiger charge is -2.07. The molecule has 82 valence electrons. The fourth-order valence-corrected chi connectivity index (χ4v) is 0.943. The molecular weight excluding hydrogens is 221 g/mol. The largest absolute Gasteiger partial charge is 0.417 e. The zero-order valence-electron chi connectivity index (χ0n) is 7.86. The van der Waals surface area contributed by atoms with Gasteiger partial charge in [-0.3, -0.25) is 4.98 Å². The molecular formula is C9H5F3N4. The minimum absolute atomic E-state index is 0.178. The Bertz CT molecular complexity index is 478. The molecule has 1 heterocycles. The predicted molar refractivity (Wildman–Crippen MR) is 50.1 cm³/mol. The molecule has 1 aromatic rings. The molecule has 1 rings (SSSR count). The van der Waals surface area contributed by atoms with Crippen LogP contribution >= 0.6 is 0 Å². The summed E-state index contributed by atoms with van der Waals surface area (Å²) in [6.07, 6.45) is -2.40. The van der Waals surface area contributed by atoms with Crippen molar-refractivity contribution in [3.8, 4) is 11.8 Å². The van der Waals surface area contributed by atoms with Gasteiger partial charge in [0.05, 0.1) is 17.7 Å². The van der Waals surface area contributed by atoms with Gasteiger partial charge in [-0.1, -0.05) is 17.0 Å². The number of hydrogen-bond donors (Lipinski definition) is 0. The minimum Gasteiger partial charge on any atom is -0.263 e. The van der Waals surface area contributed by atoms with Gasteiger partial charge in [0.15, 0.2) is 0 Å². The number of azide groups is 1. The average molecular weight is 226 g/mol. The Morgan fingerprint density at radius 3 is 2.88 bits per heavy atom. The Kier molecular flexibility index (Phi) is 3.75. The highest BCUT2D eigenvalue weighted by Crippen LogP contribution is 2.30. The molecule has 0 aliphatic carbocycles. The van der Waals surface area contributed by atoms with Crippen LogP contribution in [0.3, 0.4) is 0 Å². The van der Waals surface area contributed by atoms with Gasteiger partial charge in [-0.05, 0) is 11.6 Å². The number of rotatable bonds is 1. The van der Waals surface area contributed by atoms with Crippen LogP contribution in [-0.2, 0) is 6.18 Å². The minimum atomic E-state index is -4.47. The van der Waals surface area contributed by atoms with Gasteiger partial charge in [0, 0.05) is 17.3 Å². The first-order valence-corrected chi connectivity index (χ1v) is 4.06. The molecule has 1 aromatic heterocycles. The lowest BCUT2D eigenvalue weighted by Crippen LogP contribution is -2.07. The van der Waals surface area contributed by atoms with Crippen LogP contribution in [0.5, 0.6) is 0 Å². The molecule has 0 bridgehead atoms. The second-order valence-corrected chi connectivity index (χ2v) is 2.61. The van der Waals surface area contributed by atoms with Crippen molar-refractivity contribution in [2.45, 2.75) is 6.18 Å². The van der Waals surface area contributed by atoms with Crippen molar-refractivity contribution in [3.05, 3.63) is 40.0 Å². The first-order chi connectivity index (χ1) is 7.55. The zero-order valence-corrected chi connectivity index (χ0v) is 7.86. The second-order valence-electron chi connectivity index (χ2n) is 2.61. The third kappa shape index (κ3) is 3.19. The molecule has 0 saturated heterocycles. The summed E-state index contributed by atoms with van der Waals surface area (Å²) >= 11 is 0. The number of alkyl halides is 3. The Morgan fingerprint density at radius 1 is 1.50 bits per heavy atom. The maximum absolute atomic E-state index is 12.4. The summed E-state index contributed by atoms with van der Waals surface area (Å²) < 4.78 is 37.3. The SMILES string of the molecule is [N-]=[N+]=NCC#Cc1cnccc1C(F)(F)F. The molecule has 0 spiro atoms. The summed E-state index contributed by atoms with van der Waals surface area (Å²) in [5.74, 6) is 4.56. The van der Waals surface area contributed by atoms with Crippen molar-refractivity contribution in [2.75, 3.05) is 6.54 Å². The highest BCUT2D eigenvalue weighted by Gasteiger charge is 2.32. The maximum Gasteiger partial charge on any atom is 0.417 e. The first-order valence-electron chi connectivity index (χ1n) is 4.06. The van der Waals surface area contributed by atoms with E-state index >= 15 is 0 Å². The van der Waals surface area contributed by atoms with Crippen LogP contribution in [0.25, 0.3) is 10.4 Å². The van der Waals surface area contributed by atoms with Gasteiger partial charge in [0.2, 0.25) is 0 Å². The molecule has 0 aliphatic rings. The van der Waals surface area contributed by atoms with Crippen LogP contribution < -0.4 is 0 Å². The van der Waals surface area contributed by atoms with E-state index in [1.807, 2.05) is 0 Å². The van der Waals surface area contributed by atoms with Gasteiger partial charge in [-0.15, -0.1) is 0 Å². The van der Waals surface area contributed by atoms with Crippen LogP contribution in [0.4, 0.5) is 13.2 Å². The third-order valence-corrected chi connectivity index (χ3v) is 1.56. The molecule has 0 radical (unpaired) electrons. The van der Waals surface area contributed by atoms with Crippen molar-refractivity contribution >= 4 is 0 Å². The highest BCUT2D eigenvalue weighted by molar-refractivity contribution is 5.40. The zero-order chi connectivity index (χ0) is 12.0. The standard InChI is InChI=1S/C9H5F3N4/c10-9(11,12)8-3-5-14-6-7(8)2-1-4-15-16-13/h3,5-6H,4H2. The molecule has 0 unspecified atom stereocenters. The Labute approximate surface area is 88.7 Å². The van der Waals surface area contributed by atoms with Crippen LogP contribution in [0.2, 0.25) is 0 Å². The summed E-state index contributed by atoms with van der Waals surface area (Å²) in [6, 6.07) is 0.845. The number of pyridine rings is 1. The smallest absolute Gasteiger partial charge is 0.263 e. The number of nitrogens with zero attached hydrogens (tertiary/aromatic N) is 4. The van der Waals surface area contributed by atoms with E-state index in [2.05, 4.69) is 26.9 Å². The van der Waals surface area contributed by atoms with Crippen molar-refractivity contribution in [1.29, 1.82) is 0 Å². The van der Waals surface area contributed by atoms with Crippen molar-refractivity contribution in [1.82, 2.24) is 4.98 Å². The van der Waals surface area contributed by atoms with Crippen molar-refractivity contribution < 1.29 is 13.2 Å². The van der Waals surface area contributed by atoms with E-state index in [0.29, 0.717) is 0 Å². The molecule has 0 atom stereocenters. The summed E-state index contributed by atoms with van der Waals surface area (Å²) in [7, 11) is 0. The first kappa shape index (κ1) is 11.9. The van der Waals surface area contributed by atoms with E-state index in [4.69, 9.17) is 5.53 Å². The second kappa shape index (κ2) is 5.05. The fraction of sp³-hybridized carbons (Fsp3) is 0.222. The van der Waals surface area contributed by atoms with E-state index in [0.717, 1.165) is 18.5 Å². The van der Waals surface area contributed by atoms with Crippen molar-refractivity contribution in [3.63, 3.8) is 0 Å². The van der Waals surface area contributed by atoms with E-state index in [1.54, 1.807) is 0 Å². The molecule has 0 aliphatic heterocycles. The van der Waals surface area contributed by atoms with Crippen molar-refractivity contribution in [2.24, 2.45) is 5.11 Å². The molecule has 0 saturated carbocycles. The van der Waals surface area contributed by atoms with E-state index < -0.39 is 11.7 Å². The number of hydrogen-bond acceptors (Lipinski definition) is 2. The van der Waals surface area contributed by atoms with E-state index in [-0.39, 0.29) is 12.1 Å². The van der Waals surface area contributed by atoms with Crippen LogP contribution in [0.1, 0.15) is 11.1 Å². The lowest BCUT2D eigenvalue weighted by molar-refractivity contribution is -0.137. The summed E-state index contributed by atoms with van der Waals surface area (Å²) in [5.41, 5.74) is 6.86. The molecule has 0 fully saturated rings. The van der Waals surface area contributed by atoms with Gasteiger partial charge >= 0.3 is 6.18 Å². The normalized spacial score (nSPS) is 9.94. The number of aromatic nitrogens is 1. The number of halogens is 3. The van der Waals surface area contributed by atoms with Gasteiger partial charge in [-0.25, -0.2) is 0 Å². The lowest BCUT2D eigenvalue weighted by atomic mass is 10.1. The van der Waals surface area contributed by atoms with E-state index in [1.165, 1.54) is 0 Å². The van der Waals surface area contributed by atoms with Gasteiger partial charge in [0.25, 0.3) is 0 Å². The quantitative estimate of drug-likeness (QED) is 0.314. The summed E-state index contributed by atoms with van der Waals surface area (Å²) in [4.78, 5) is 5.97. The molecule has 16 heavy (non-hydrogen) atoms. The van der Waals surface area contributed by atoms with Crippen LogP contribution in [0, 0.1) is 11.8 Å². The Hall–Kier alpha value is -2.19. The molecule has 7 heteroatoms. The monoisotopic (exact) mass is 226 g/mol. The summed E-state index contributed by atoms with van der Waals surface area (Å²) in [5, 5.41) is 3.08. The van der Waals surface area contributed by atoms with Gasteiger partial charge in [0.1, 0.15) is 0 Å². The molecule has 0 aromatic carbocycles. The average Bonchev–Trinajstić information content (AvgIpc) is 2.24. The van der Waals surface area contributed by atoms with E-state index in [9.17, 15) is 13.2 Å². The van der Waals surface area contributed by atoms with Crippen LogP contribution in [-0.4, -0.2) is 11.5 Å². The Morgan fingerprint density at radius 2 is 2.25 bits per heavy atom. The predicted octanol–water partition coefficient (Wildman–Crippen LogP) is 2.76. The molecule has 0 amide bonds. The maximum atomic E-state index is 12.4. The molecule has 0 N–H and O–H groups in total. The topological polar surface area (TPSA) is 61.7 Å². The Balaban J connectivity index is 3.03. The third-order valence-electron chi connectivity index (χ3n) is 1.56. The van der Waals surface area contributed by atoms with Gasteiger partial charge in [-0.2, -0.15) is 13.2 Å². The fourth-order valence-electron chi connectivity index (χ4n) is 0.943.